The molecule has 1 aromatic rings. The Morgan fingerprint density at radius 3 is 2.41 bits per heavy atom. The van der Waals surface area contributed by atoms with Crippen molar-refractivity contribution in [3.63, 3.8) is 0 Å². The van der Waals surface area contributed by atoms with Crippen LogP contribution in [0.25, 0.3) is 0 Å². The molecule has 2 amide bonds. The summed E-state index contributed by atoms with van der Waals surface area (Å²) < 4.78 is 0. The molecule has 3 aliphatic rings. The molecule has 5 heteroatoms. The Balaban J connectivity index is 1.26. The molecule has 2 heterocycles. The zero-order chi connectivity index (χ0) is 18.6. The number of carbonyl (C=O) groups is 2. The molecule has 2 aliphatic heterocycles. The predicted molar refractivity (Wildman–Crippen MR) is 105 cm³/mol. The Kier molecular flexibility index (Phi) is 5.77. The van der Waals surface area contributed by atoms with Gasteiger partial charge in [0.15, 0.2) is 0 Å². The van der Waals surface area contributed by atoms with Gasteiger partial charge in [-0.3, -0.25) is 9.59 Å². The highest BCUT2D eigenvalue weighted by Crippen LogP contribution is 2.23. The molecule has 2 fully saturated rings. The van der Waals surface area contributed by atoms with Crippen LogP contribution in [-0.4, -0.2) is 41.9 Å². The minimum atomic E-state index is -0.132. The first-order chi connectivity index (χ1) is 13.2. The largest absolute Gasteiger partial charge is 0.353 e. The molecule has 1 aromatic carbocycles. The number of likely N-dealkylation sites (tertiary alicyclic amines) is 1. The lowest BCUT2D eigenvalue weighted by Crippen LogP contribution is -2.52. The van der Waals surface area contributed by atoms with Crippen molar-refractivity contribution >= 4 is 11.8 Å². The molecule has 0 bridgehead atoms. The van der Waals surface area contributed by atoms with E-state index in [1.54, 1.807) is 0 Å². The van der Waals surface area contributed by atoms with Gasteiger partial charge in [0.05, 0.1) is 6.04 Å². The van der Waals surface area contributed by atoms with Crippen molar-refractivity contribution in [3.05, 3.63) is 35.4 Å². The van der Waals surface area contributed by atoms with E-state index in [1.807, 2.05) is 17.0 Å². The van der Waals surface area contributed by atoms with Crippen molar-refractivity contribution in [1.29, 1.82) is 0 Å². The van der Waals surface area contributed by atoms with Crippen molar-refractivity contribution in [2.75, 3.05) is 13.1 Å². The fourth-order valence-corrected chi connectivity index (χ4v) is 4.78. The number of piperidine rings is 1. The van der Waals surface area contributed by atoms with Crippen molar-refractivity contribution < 1.29 is 9.59 Å². The number of fused-ring (bicyclic) bond motifs is 1. The zero-order valence-electron chi connectivity index (χ0n) is 16.1. The molecule has 27 heavy (non-hydrogen) atoms. The van der Waals surface area contributed by atoms with Gasteiger partial charge in [0.1, 0.15) is 0 Å². The second-order valence-electron chi connectivity index (χ2n) is 8.35. The van der Waals surface area contributed by atoms with Crippen LogP contribution in [0.3, 0.4) is 0 Å². The highest BCUT2D eigenvalue weighted by atomic mass is 16.2. The van der Waals surface area contributed by atoms with E-state index in [9.17, 15) is 9.59 Å². The molecule has 0 unspecified atom stereocenters. The number of hydrogen-bond acceptors (Lipinski definition) is 3. The summed E-state index contributed by atoms with van der Waals surface area (Å²) in [5.74, 6) is 0.463. The monoisotopic (exact) mass is 369 g/mol. The van der Waals surface area contributed by atoms with E-state index >= 15 is 0 Å². The summed E-state index contributed by atoms with van der Waals surface area (Å²) in [6, 6.07) is 8.58. The highest BCUT2D eigenvalue weighted by molar-refractivity contribution is 5.83. The van der Waals surface area contributed by atoms with Crippen LogP contribution < -0.4 is 10.6 Å². The maximum atomic E-state index is 12.9. The Hall–Kier alpha value is -1.88. The molecular formula is C22H31N3O2. The SMILES string of the molecule is O=C(NC1CCCCC1)C1CCN(C(=O)[C@@H]2Cc3ccccc3CN2)CC1. The molecule has 0 radical (unpaired) electrons. The molecule has 1 saturated heterocycles. The van der Waals surface area contributed by atoms with E-state index < -0.39 is 0 Å². The van der Waals surface area contributed by atoms with E-state index in [4.69, 9.17) is 0 Å². The average Bonchev–Trinajstić information content (AvgIpc) is 2.73. The molecule has 146 valence electrons. The summed E-state index contributed by atoms with van der Waals surface area (Å²) in [5.41, 5.74) is 2.57. The van der Waals surface area contributed by atoms with Crippen LogP contribution in [0.4, 0.5) is 0 Å². The lowest BCUT2D eigenvalue weighted by atomic mass is 9.91. The van der Waals surface area contributed by atoms with E-state index in [-0.39, 0.29) is 23.8 Å². The molecule has 2 N–H and O–H groups in total. The summed E-state index contributed by atoms with van der Waals surface area (Å²) in [6.07, 6.45) is 8.34. The van der Waals surface area contributed by atoms with Gasteiger partial charge in [-0.2, -0.15) is 0 Å². The van der Waals surface area contributed by atoms with Crippen molar-refractivity contribution in [1.82, 2.24) is 15.5 Å². The minimum absolute atomic E-state index is 0.0658. The van der Waals surface area contributed by atoms with Crippen molar-refractivity contribution in [2.45, 2.75) is 70.0 Å². The van der Waals surface area contributed by atoms with Gasteiger partial charge < -0.3 is 15.5 Å². The second kappa shape index (κ2) is 8.42. The first kappa shape index (κ1) is 18.5. The molecular weight excluding hydrogens is 338 g/mol. The van der Waals surface area contributed by atoms with Crippen LogP contribution >= 0.6 is 0 Å². The first-order valence-corrected chi connectivity index (χ1v) is 10.6. The Morgan fingerprint density at radius 2 is 1.67 bits per heavy atom. The van der Waals surface area contributed by atoms with Crippen LogP contribution in [0, 0.1) is 5.92 Å². The lowest BCUT2D eigenvalue weighted by Gasteiger charge is -2.36. The summed E-state index contributed by atoms with van der Waals surface area (Å²) in [4.78, 5) is 27.4. The summed E-state index contributed by atoms with van der Waals surface area (Å²) in [7, 11) is 0. The van der Waals surface area contributed by atoms with Gasteiger partial charge in [-0.15, -0.1) is 0 Å². The van der Waals surface area contributed by atoms with Crippen molar-refractivity contribution in [2.24, 2.45) is 5.92 Å². The third kappa shape index (κ3) is 4.34. The summed E-state index contributed by atoms with van der Waals surface area (Å²) in [5, 5.41) is 6.64. The van der Waals surface area contributed by atoms with Crippen LogP contribution in [0.1, 0.15) is 56.1 Å². The summed E-state index contributed by atoms with van der Waals surface area (Å²) >= 11 is 0. The Labute approximate surface area is 161 Å². The molecule has 1 atom stereocenters. The molecule has 1 aliphatic carbocycles. The fraction of sp³-hybridized carbons (Fsp3) is 0.636. The van der Waals surface area contributed by atoms with E-state index in [0.717, 1.165) is 38.6 Å². The zero-order valence-corrected chi connectivity index (χ0v) is 16.1. The standard InChI is InChI=1S/C22H31N3O2/c26-21(24-19-8-2-1-3-9-19)16-10-12-25(13-11-16)22(27)20-14-17-6-4-5-7-18(17)15-23-20/h4-7,16,19-20,23H,1-3,8-15H2,(H,24,26)/t20-/m0/s1. The van der Waals surface area contributed by atoms with Crippen LogP contribution in [0.2, 0.25) is 0 Å². The maximum Gasteiger partial charge on any atom is 0.240 e. The normalized spacial score (nSPS) is 24.3. The topological polar surface area (TPSA) is 61.4 Å². The Bertz CT molecular complexity index is 676. The van der Waals surface area contributed by atoms with Gasteiger partial charge in [-0.25, -0.2) is 0 Å². The van der Waals surface area contributed by atoms with Gasteiger partial charge in [0.2, 0.25) is 11.8 Å². The van der Waals surface area contributed by atoms with Crippen LogP contribution in [-0.2, 0) is 22.6 Å². The fourth-order valence-electron chi connectivity index (χ4n) is 4.78. The molecule has 4 rings (SSSR count). The predicted octanol–water partition coefficient (Wildman–Crippen LogP) is 2.39. The number of rotatable bonds is 3. The van der Waals surface area contributed by atoms with Gasteiger partial charge in [0, 0.05) is 31.6 Å². The van der Waals surface area contributed by atoms with Gasteiger partial charge in [0.25, 0.3) is 0 Å². The van der Waals surface area contributed by atoms with Gasteiger partial charge in [-0.05, 0) is 43.2 Å². The number of carbonyl (C=O) groups excluding carboxylic acids is 2. The number of nitrogens with zero attached hydrogens (tertiary/aromatic N) is 1. The second-order valence-corrected chi connectivity index (χ2v) is 8.35. The van der Waals surface area contributed by atoms with Crippen LogP contribution in [0.15, 0.2) is 24.3 Å². The molecule has 0 aromatic heterocycles. The first-order valence-electron chi connectivity index (χ1n) is 10.6. The number of nitrogens with one attached hydrogen (secondary N) is 2. The van der Waals surface area contributed by atoms with Crippen LogP contribution in [0.5, 0.6) is 0 Å². The number of amides is 2. The number of benzene rings is 1. The van der Waals surface area contributed by atoms with E-state index in [0.29, 0.717) is 19.1 Å². The minimum Gasteiger partial charge on any atom is -0.353 e. The third-order valence-electron chi connectivity index (χ3n) is 6.51. The lowest BCUT2D eigenvalue weighted by molar-refractivity contribution is -0.137. The summed E-state index contributed by atoms with van der Waals surface area (Å²) in [6.45, 7) is 2.15. The van der Waals surface area contributed by atoms with Gasteiger partial charge >= 0.3 is 0 Å². The van der Waals surface area contributed by atoms with Crippen molar-refractivity contribution in [3.8, 4) is 0 Å². The van der Waals surface area contributed by atoms with E-state index in [2.05, 4.69) is 22.8 Å². The highest BCUT2D eigenvalue weighted by Gasteiger charge is 2.32. The maximum absolute atomic E-state index is 12.9. The average molecular weight is 370 g/mol. The Morgan fingerprint density at radius 1 is 0.963 bits per heavy atom. The van der Waals surface area contributed by atoms with Gasteiger partial charge in [-0.1, -0.05) is 43.5 Å². The third-order valence-corrected chi connectivity index (χ3v) is 6.51. The smallest absolute Gasteiger partial charge is 0.240 e. The quantitative estimate of drug-likeness (QED) is 0.860. The number of hydrogen-bond donors (Lipinski definition) is 2. The molecule has 0 spiro atoms. The molecule has 1 saturated carbocycles. The van der Waals surface area contributed by atoms with E-state index in [1.165, 1.54) is 30.4 Å². The molecule has 5 nitrogen and oxygen atoms in total.